The number of aromatic nitrogens is 2. The van der Waals surface area contributed by atoms with Gasteiger partial charge in [0.15, 0.2) is 0 Å². The van der Waals surface area contributed by atoms with Crippen molar-refractivity contribution in [1.82, 2.24) is 10.2 Å². The second kappa shape index (κ2) is 5.75. The summed E-state index contributed by atoms with van der Waals surface area (Å²) in [6.07, 6.45) is -4.47. The van der Waals surface area contributed by atoms with Gasteiger partial charge in [-0.3, -0.25) is 0 Å². The van der Waals surface area contributed by atoms with Crippen LogP contribution in [-0.2, 0) is 6.18 Å². The largest absolute Gasteiger partial charge is 0.445 e. The van der Waals surface area contributed by atoms with Crippen molar-refractivity contribution in [2.24, 2.45) is 0 Å². The molecule has 0 aliphatic rings. The monoisotopic (exact) mass is 307 g/mol. The van der Waals surface area contributed by atoms with Gasteiger partial charge in [0, 0.05) is 5.88 Å². The highest BCUT2D eigenvalue weighted by atomic mass is 35.5. The molecule has 2 aromatic rings. The van der Waals surface area contributed by atoms with Crippen LogP contribution in [0.25, 0.3) is 0 Å². The lowest BCUT2D eigenvalue weighted by molar-refractivity contribution is -0.138. The van der Waals surface area contributed by atoms with Crippen LogP contribution in [0, 0.1) is 0 Å². The van der Waals surface area contributed by atoms with E-state index in [1.165, 1.54) is 0 Å². The van der Waals surface area contributed by atoms with Crippen LogP contribution < -0.4 is 5.32 Å². The second-order valence-electron chi connectivity index (χ2n) is 3.67. The fraction of sp³-hybridized carbons (Fsp3) is 0.273. The van der Waals surface area contributed by atoms with E-state index in [1.807, 2.05) is 30.3 Å². The summed E-state index contributed by atoms with van der Waals surface area (Å²) in [4.78, 5) is 0. The average molecular weight is 308 g/mol. The number of hydrogen-bond acceptors (Lipinski definition) is 4. The molecule has 0 fully saturated rings. The van der Waals surface area contributed by atoms with Gasteiger partial charge in [0.05, 0.1) is 6.04 Å². The number of nitrogens with one attached hydrogen (secondary N) is 1. The lowest BCUT2D eigenvalue weighted by atomic mass is 10.1. The minimum absolute atomic E-state index is 0.0989. The Hall–Kier alpha value is -1.34. The van der Waals surface area contributed by atoms with Crippen LogP contribution in [-0.4, -0.2) is 16.1 Å². The van der Waals surface area contributed by atoms with Gasteiger partial charge in [-0.1, -0.05) is 41.7 Å². The average Bonchev–Trinajstić information content (AvgIpc) is 2.85. The lowest BCUT2D eigenvalue weighted by Gasteiger charge is -2.14. The first-order valence-electron chi connectivity index (χ1n) is 5.29. The van der Waals surface area contributed by atoms with Gasteiger partial charge in [-0.15, -0.1) is 21.8 Å². The molecule has 3 nitrogen and oxygen atoms in total. The molecule has 0 spiro atoms. The minimum Gasteiger partial charge on any atom is -0.352 e. The molecule has 1 atom stereocenters. The number of nitrogens with zero attached hydrogens (tertiary/aromatic N) is 2. The van der Waals surface area contributed by atoms with Gasteiger partial charge < -0.3 is 5.32 Å². The van der Waals surface area contributed by atoms with Crippen LogP contribution in [0.1, 0.15) is 16.6 Å². The Morgan fingerprint density at radius 1 is 1.21 bits per heavy atom. The van der Waals surface area contributed by atoms with Crippen molar-refractivity contribution in [1.29, 1.82) is 0 Å². The van der Waals surface area contributed by atoms with Gasteiger partial charge in [-0.25, -0.2) is 0 Å². The first kappa shape index (κ1) is 14.1. The quantitative estimate of drug-likeness (QED) is 0.869. The molecule has 0 saturated heterocycles. The smallest absolute Gasteiger partial charge is 0.352 e. The van der Waals surface area contributed by atoms with E-state index in [-0.39, 0.29) is 17.1 Å². The summed E-state index contributed by atoms with van der Waals surface area (Å²) < 4.78 is 37.2. The zero-order valence-electron chi connectivity index (χ0n) is 9.49. The van der Waals surface area contributed by atoms with E-state index in [4.69, 9.17) is 11.6 Å². The molecule has 1 heterocycles. The molecule has 0 aliphatic carbocycles. The molecule has 102 valence electrons. The Bertz CT molecular complexity index is 529. The summed E-state index contributed by atoms with van der Waals surface area (Å²) in [7, 11) is 0. The van der Waals surface area contributed by atoms with Crippen LogP contribution in [0.15, 0.2) is 30.3 Å². The van der Waals surface area contributed by atoms with E-state index in [0.29, 0.717) is 11.3 Å². The van der Waals surface area contributed by atoms with Crippen molar-refractivity contribution < 1.29 is 13.2 Å². The molecule has 1 unspecified atom stereocenters. The number of rotatable bonds is 4. The second-order valence-corrected chi connectivity index (χ2v) is 4.96. The van der Waals surface area contributed by atoms with E-state index < -0.39 is 11.2 Å². The van der Waals surface area contributed by atoms with E-state index in [2.05, 4.69) is 15.5 Å². The highest BCUT2D eigenvalue weighted by Crippen LogP contribution is 2.34. The summed E-state index contributed by atoms with van der Waals surface area (Å²) in [6, 6.07) is 8.88. The van der Waals surface area contributed by atoms with E-state index in [1.54, 1.807) is 0 Å². The first-order chi connectivity index (χ1) is 9.00. The van der Waals surface area contributed by atoms with E-state index >= 15 is 0 Å². The Labute approximate surface area is 116 Å². The third-order valence-corrected chi connectivity index (χ3v) is 3.53. The predicted molar refractivity (Wildman–Crippen MR) is 68.4 cm³/mol. The van der Waals surface area contributed by atoms with Crippen LogP contribution >= 0.6 is 22.9 Å². The summed E-state index contributed by atoms with van der Waals surface area (Å²) in [5.41, 5.74) is 0.876. The third kappa shape index (κ3) is 3.57. The number of benzene rings is 1. The zero-order valence-corrected chi connectivity index (χ0v) is 11.1. The molecule has 1 N–H and O–H groups in total. The standard InChI is InChI=1S/C11H9ClF3N3S/c12-6-8(7-4-2-1-3-5-7)16-10-18-17-9(19-10)11(13,14)15/h1-5,8H,6H2,(H,16,18). The normalized spacial score (nSPS) is 13.3. The summed E-state index contributed by atoms with van der Waals surface area (Å²) >= 11 is 6.28. The summed E-state index contributed by atoms with van der Waals surface area (Å²) in [6.45, 7) is 0. The lowest BCUT2D eigenvalue weighted by Crippen LogP contribution is -2.11. The molecule has 0 amide bonds. The third-order valence-electron chi connectivity index (χ3n) is 2.32. The Morgan fingerprint density at radius 2 is 1.89 bits per heavy atom. The van der Waals surface area contributed by atoms with Crippen LogP contribution in [0.2, 0.25) is 0 Å². The van der Waals surface area contributed by atoms with Crippen LogP contribution in [0.3, 0.4) is 0 Å². The Morgan fingerprint density at radius 3 is 2.42 bits per heavy atom. The molecule has 19 heavy (non-hydrogen) atoms. The highest BCUT2D eigenvalue weighted by Gasteiger charge is 2.35. The van der Waals surface area contributed by atoms with Crippen molar-refractivity contribution in [2.45, 2.75) is 12.2 Å². The fourth-order valence-electron chi connectivity index (χ4n) is 1.44. The van der Waals surface area contributed by atoms with E-state index in [9.17, 15) is 13.2 Å². The number of alkyl halides is 4. The van der Waals surface area contributed by atoms with Crippen LogP contribution in [0.4, 0.5) is 18.3 Å². The molecule has 0 bridgehead atoms. The number of halogens is 4. The van der Waals surface area contributed by atoms with Gasteiger partial charge in [-0.05, 0) is 5.56 Å². The Balaban J connectivity index is 2.13. The molecule has 0 radical (unpaired) electrons. The zero-order chi connectivity index (χ0) is 13.9. The fourth-order valence-corrected chi connectivity index (χ4v) is 2.36. The number of hydrogen-bond donors (Lipinski definition) is 1. The van der Waals surface area contributed by atoms with Crippen molar-refractivity contribution in [3.05, 3.63) is 40.9 Å². The molecule has 1 aromatic carbocycles. The molecule has 8 heteroatoms. The molecule has 0 aliphatic heterocycles. The predicted octanol–water partition coefficient (Wildman–Crippen LogP) is 3.95. The van der Waals surface area contributed by atoms with E-state index in [0.717, 1.165) is 5.56 Å². The maximum absolute atomic E-state index is 12.4. The Kier molecular flexibility index (Phi) is 4.26. The molecule has 1 aromatic heterocycles. The van der Waals surface area contributed by atoms with Crippen molar-refractivity contribution >= 4 is 28.1 Å². The van der Waals surface area contributed by atoms with Crippen molar-refractivity contribution in [3.8, 4) is 0 Å². The van der Waals surface area contributed by atoms with Gasteiger partial charge in [0.25, 0.3) is 0 Å². The van der Waals surface area contributed by atoms with Crippen molar-refractivity contribution in [2.75, 3.05) is 11.2 Å². The van der Waals surface area contributed by atoms with Crippen LogP contribution in [0.5, 0.6) is 0 Å². The molecule has 0 saturated carbocycles. The van der Waals surface area contributed by atoms with Crippen molar-refractivity contribution in [3.63, 3.8) is 0 Å². The number of anilines is 1. The molecular weight excluding hydrogens is 299 g/mol. The van der Waals surface area contributed by atoms with Gasteiger partial charge in [-0.2, -0.15) is 13.2 Å². The van der Waals surface area contributed by atoms with Gasteiger partial charge in [0.1, 0.15) is 0 Å². The SMILES string of the molecule is FC(F)(F)c1nnc(NC(CCl)c2ccccc2)s1. The molecule has 2 rings (SSSR count). The summed E-state index contributed by atoms with van der Waals surface area (Å²) in [5, 5.41) is 8.55. The minimum atomic E-state index is -4.47. The van der Waals surface area contributed by atoms with Gasteiger partial charge in [0.2, 0.25) is 10.1 Å². The van der Waals surface area contributed by atoms with Gasteiger partial charge >= 0.3 is 6.18 Å². The summed E-state index contributed by atoms with van der Waals surface area (Å²) in [5.74, 6) is 0.213. The highest BCUT2D eigenvalue weighted by molar-refractivity contribution is 7.15. The molecular formula is C11H9ClF3N3S. The maximum atomic E-state index is 12.4. The maximum Gasteiger partial charge on any atom is 0.445 e. The topological polar surface area (TPSA) is 37.8 Å². The first-order valence-corrected chi connectivity index (χ1v) is 6.64.